The fraction of sp³-hybridized carbons (Fsp3) is 0. The quantitative estimate of drug-likeness (QED) is 0.147. The van der Waals surface area contributed by atoms with E-state index in [2.05, 4.69) is 231 Å². The van der Waals surface area contributed by atoms with Gasteiger partial charge < -0.3 is 0 Å². The molecule has 1 heterocycles. The van der Waals surface area contributed by atoms with Crippen molar-refractivity contribution >= 4 is 32.3 Å². The second-order valence-electron chi connectivity index (χ2n) is 15.4. The Morgan fingerprint density at radius 3 is 1.18 bits per heavy atom. The van der Waals surface area contributed by atoms with Crippen molar-refractivity contribution in [1.29, 1.82) is 0 Å². The molecule has 0 unspecified atom stereocenters. The van der Waals surface area contributed by atoms with Gasteiger partial charge in [0.05, 0.1) is 5.69 Å². The summed E-state index contributed by atoms with van der Waals surface area (Å²) >= 11 is 0. The van der Waals surface area contributed by atoms with E-state index in [0.29, 0.717) is 0 Å². The van der Waals surface area contributed by atoms with Crippen LogP contribution in [0.5, 0.6) is 0 Å². The summed E-state index contributed by atoms with van der Waals surface area (Å²) in [4.78, 5) is 5.07. The van der Waals surface area contributed by atoms with Gasteiger partial charge in [0.2, 0.25) is 0 Å². The molecule has 11 aromatic rings. The highest BCUT2D eigenvalue weighted by Gasteiger charge is 2.24. The largest absolute Gasteiger partial charge is 0.256 e. The Balaban J connectivity index is 1.22. The third-order valence-corrected chi connectivity index (χ3v) is 11.9. The highest BCUT2D eigenvalue weighted by atomic mass is 14.7. The van der Waals surface area contributed by atoms with Crippen LogP contribution in [0.4, 0.5) is 0 Å². The van der Waals surface area contributed by atoms with E-state index in [1.807, 2.05) is 6.20 Å². The first-order chi connectivity index (χ1) is 29.8. The van der Waals surface area contributed by atoms with Crippen LogP contribution < -0.4 is 0 Å². The summed E-state index contributed by atoms with van der Waals surface area (Å²) in [7, 11) is 0. The molecule has 0 spiro atoms. The molecule has 0 amide bonds. The number of hydrogen-bond acceptors (Lipinski definition) is 1. The van der Waals surface area contributed by atoms with Crippen molar-refractivity contribution in [1.82, 2.24) is 4.98 Å². The molecule has 10 aromatic carbocycles. The molecule has 0 saturated heterocycles. The smallest absolute Gasteiger partial charge is 0.0720 e. The van der Waals surface area contributed by atoms with Crippen LogP contribution in [0.25, 0.3) is 110 Å². The van der Waals surface area contributed by atoms with E-state index in [-0.39, 0.29) is 0 Å². The summed E-state index contributed by atoms with van der Waals surface area (Å²) in [6, 6.07) is 83.7. The molecule has 1 nitrogen and oxygen atoms in total. The van der Waals surface area contributed by atoms with Gasteiger partial charge in [0.1, 0.15) is 0 Å². The minimum absolute atomic E-state index is 0.981. The molecule has 0 saturated carbocycles. The first-order valence-electron chi connectivity index (χ1n) is 20.6. The first-order valence-corrected chi connectivity index (χ1v) is 20.6. The molecule has 11 rings (SSSR count). The van der Waals surface area contributed by atoms with Gasteiger partial charge in [-0.15, -0.1) is 0 Å². The lowest BCUT2D eigenvalue weighted by molar-refractivity contribution is 1.37. The fourth-order valence-electron chi connectivity index (χ4n) is 9.24. The monoisotopic (exact) mass is 761 g/mol. The second kappa shape index (κ2) is 15.1. The van der Waals surface area contributed by atoms with E-state index in [9.17, 15) is 0 Å². The van der Waals surface area contributed by atoms with Crippen LogP contribution in [0, 0.1) is 0 Å². The Kier molecular flexibility index (Phi) is 8.91. The number of rotatable bonds is 7. The van der Waals surface area contributed by atoms with E-state index >= 15 is 0 Å². The predicted molar refractivity (Wildman–Crippen MR) is 255 cm³/mol. The highest BCUT2D eigenvalue weighted by molar-refractivity contribution is 6.21. The van der Waals surface area contributed by atoms with Crippen LogP contribution in [-0.4, -0.2) is 4.98 Å². The number of benzene rings is 10. The van der Waals surface area contributed by atoms with Crippen molar-refractivity contribution in [2.75, 3.05) is 0 Å². The van der Waals surface area contributed by atoms with Gasteiger partial charge in [-0.2, -0.15) is 0 Å². The maximum Gasteiger partial charge on any atom is 0.0720 e. The molecule has 0 aliphatic carbocycles. The number of pyridine rings is 1. The molecule has 0 aliphatic heterocycles. The van der Waals surface area contributed by atoms with Gasteiger partial charge in [0, 0.05) is 17.1 Å². The lowest BCUT2D eigenvalue weighted by Gasteiger charge is -2.25. The molecule has 0 atom stereocenters. The summed E-state index contributed by atoms with van der Waals surface area (Å²) in [5, 5.41) is 7.11. The predicted octanol–water partition coefficient (Wildman–Crippen LogP) is 16.2. The Bertz CT molecular complexity index is 3280. The lowest BCUT2D eigenvalue weighted by atomic mass is 9.78. The number of nitrogens with zero attached hydrogens (tertiary/aromatic N) is 1. The number of fused-ring (bicyclic) bond motifs is 3. The maximum absolute atomic E-state index is 5.07. The second-order valence-corrected chi connectivity index (χ2v) is 15.4. The zero-order valence-electron chi connectivity index (χ0n) is 33.0. The standard InChI is InChI=1S/C59H39N/c1-5-20-40(21-6-1)52-38-53(57(42-24-9-3-10-25-42)58(43-26-11-4-12-27-43)56(52)41-22-7-2-8-23-41)45-30-19-31-46(36-45)55-48-32-15-17-34-50(48)59(51-35-18-16-33-49(51)55)54-37-44-28-13-14-29-47(44)39-60-54/h1-39H. The zero-order valence-corrected chi connectivity index (χ0v) is 33.0. The van der Waals surface area contributed by atoms with Gasteiger partial charge >= 0.3 is 0 Å². The van der Waals surface area contributed by atoms with Crippen molar-refractivity contribution in [3.8, 4) is 78.0 Å². The molecule has 1 heteroatoms. The Morgan fingerprint density at radius 2 is 0.633 bits per heavy atom. The van der Waals surface area contributed by atoms with Gasteiger partial charge in [-0.3, -0.25) is 4.98 Å². The summed E-state index contributed by atoms with van der Waals surface area (Å²) in [6.07, 6.45) is 2.01. The molecule has 0 radical (unpaired) electrons. The Labute approximate surface area is 350 Å². The van der Waals surface area contributed by atoms with E-state index < -0.39 is 0 Å². The van der Waals surface area contributed by atoms with Crippen molar-refractivity contribution in [2.24, 2.45) is 0 Å². The first kappa shape index (κ1) is 35.3. The number of aromatic nitrogens is 1. The zero-order chi connectivity index (χ0) is 39.8. The third kappa shape index (κ3) is 6.16. The SMILES string of the molecule is c1ccc(-c2cc(-c3cccc(-c4c5ccccc5c(-c5cc6ccccc6cn5)c5ccccc45)c3)c(-c3ccccc3)c(-c3ccccc3)c2-c2ccccc2)cc1. The van der Waals surface area contributed by atoms with Crippen molar-refractivity contribution in [3.63, 3.8) is 0 Å². The summed E-state index contributed by atoms with van der Waals surface area (Å²) in [6.45, 7) is 0. The molecule has 0 N–H and O–H groups in total. The Hall–Kier alpha value is -7.87. The molecule has 0 fully saturated rings. The summed E-state index contributed by atoms with van der Waals surface area (Å²) in [5.74, 6) is 0. The van der Waals surface area contributed by atoms with E-state index in [0.717, 1.165) is 22.2 Å². The molecule has 0 bridgehead atoms. The topological polar surface area (TPSA) is 12.9 Å². The average Bonchev–Trinajstić information content (AvgIpc) is 3.33. The fourth-order valence-corrected chi connectivity index (χ4v) is 9.24. The summed E-state index contributed by atoms with van der Waals surface area (Å²) < 4.78 is 0. The molecule has 280 valence electrons. The minimum atomic E-state index is 0.981. The molecule has 0 aliphatic rings. The molecule has 1 aromatic heterocycles. The van der Waals surface area contributed by atoms with Crippen LogP contribution in [0.1, 0.15) is 0 Å². The lowest BCUT2D eigenvalue weighted by Crippen LogP contribution is -1.98. The molecule has 60 heavy (non-hydrogen) atoms. The summed E-state index contributed by atoms with van der Waals surface area (Å²) in [5.41, 5.74) is 16.5. The van der Waals surface area contributed by atoms with E-state index in [1.165, 1.54) is 88.1 Å². The van der Waals surface area contributed by atoms with E-state index in [1.54, 1.807) is 0 Å². The van der Waals surface area contributed by atoms with Crippen molar-refractivity contribution < 1.29 is 0 Å². The number of hydrogen-bond donors (Lipinski definition) is 0. The van der Waals surface area contributed by atoms with Gasteiger partial charge in [-0.05, 0) is 112 Å². The third-order valence-electron chi connectivity index (χ3n) is 11.9. The van der Waals surface area contributed by atoms with E-state index in [4.69, 9.17) is 4.98 Å². The average molecular weight is 762 g/mol. The van der Waals surface area contributed by atoms with Crippen molar-refractivity contribution in [3.05, 3.63) is 237 Å². The van der Waals surface area contributed by atoms with Crippen molar-refractivity contribution in [2.45, 2.75) is 0 Å². The highest BCUT2D eigenvalue weighted by Crippen LogP contribution is 2.51. The van der Waals surface area contributed by atoms with Gasteiger partial charge in [0.25, 0.3) is 0 Å². The van der Waals surface area contributed by atoms with Crippen LogP contribution >= 0.6 is 0 Å². The Morgan fingerprint density at radius 1 is 0.233 bits per heavy atom. The van der Waals surface area contributed by atoms with Gasteiger partial charge in [0.15, 0.2) is 0 Å². The van der Waals surface area contributed by atoms with Crippen LogP contribution in [0.2, 0.25) is 0 Å². The molecular weight excluding hydrogens is 723 g/mol. The van der Waals surface area contributed by atoms with Gasteiger partial charge in [-0.1, -0.05) is 212 Å². The van der Waals surface area contributed by atoms with Crippen LogP contribution in [-0.2, 0) is 0 Å². The van der Waals surface area contributed by atoms with Crippen LogP contribution in [0.3, 0.4) is 0 Å². The molecular formula is C59H39N. The normalized spacial score (nSPS) is 11.3. The van der Waals surface area contributed by atoms with Crippen LogP contribution in [0.15, 0.2) is 237 Å². The maximum atomic E-state index is 5.07. The van der Waals surface area contributed by atoms with Gasteiger partial charge in [-0.25, -0.2) is 0 Å². The minimum Gasteiger partial charge on any atom is -0.256 e.